The average Bonchev–Trinajstić information content (AvgIpc) is 2.25. The van der Waals surface area contributed by atoms with Gasteiger partial charge in [-0.05, 0) is 18.4 Å². The van der Waals surface area contributed by atoms with Crippen LogP contribution in [0, 0.1) is 5.82 Å². The molecule has 0 aliphatic heterocycles. The molecule has 3 nitrogen and oxygen atoms in total. The molecular weight excluding hydrogens is 229 g/mol. The highest BCUT2D eigenvalue weighted by Crippen LogP contribution is 2.17. The van der Waals surface area contributed by atoms with Crippen LogP contribution in [0.1, 0.15) is 17.3 Å². The summed E-state index contributed by atoms with van der Waals surface area (Å²) < 4.78 is 12.7. The van der Waals surface area contributed by atoms with Crippen LogP contribution >= 0.6 is 11.8 Å². The number of phenols is 1. The van der Waals surface area contributed by atoms with Gasteiger partial charge < -0.3 is 10.4 Å². The fourth-order valence-electron chi connectivity index (χ4n) is 1.11. The van der Waals surface area contributed by atoms with Gasteiger partial charge >= 0.3 is 0 Å². The molecule has 0 bridgehead atoms. The summed E-state index contributed by atoms with van der Waals surface area (Å²) in [6, 6.07) is 3.34. The third-order valence-electron chi connectivity index (χ3n) is 2.16. The molecule has 0 aromatic heterocycles. The second-order valence-corrected chi connectivity index (χ2v) is 4.69. The van der Waals surface area contributed by atoms with Crippen molar-refractivity contribution in [3.8, 4) is 5.75 Å². The molecule has 0 aliphatic carbocycles. The van der Waals surface area contributed by atoms with E-state index in [2.05, 4.69) is 5.32 Å². The van der Waals surface area contributed by atoms with Crippen molar-refractivity contribution in [2.24, 2.45) is 0 Å². The predicted molar refractivity (Wildman–Crippen MR) is 63.4 cm³/mol. The molecule has 16 heavy (non-hydrogen) atoms. The van der Waals surface area contributed by atoms with Crippen LogP contribution in [0.5, 0.6) is 5.75 Å². The normalized spacial score (nSPS) is 12.2. The van der Waals surface area contributed by atoms with Gasteiger partial charge in [-0.1, -0.05) is 6.92 Å². The quantitative estimate of drug-likeness (QED) is 0.850. The Kier molecular flexibility index (Phi) is 4.61. The van der Waals surface area contributed by atoms with E-state index in [1.165, 1.54) is 6.07 Å². The van der Waals surface area contributed by atoms with Crippen LogP contribution in [0.2, 0.25) is 0 Å². The maximum Gasteiger partial charge on any atom is 0.255 e. The minimum atomic E-state index is -0.563. The van der Waals surface area contributed by atoms with Gasteiger partial charge in [0.1, 0.15) is 11.6 Å². The van der Waals surface area contributed by atoms with Crippen molar-refractivity contribution in [1.29, 1.82) is 0 Å². The van der Waals surface area contributed by atoms with Crippen LogP contribution in [-0.4, -0.2) is 29.1 Å². The van der Waals surface area contributed by atoms with Crippen molar-refractivity contribution in [3.05, 3.63) is 29.6 Å². The smallest absolute Gasteiger partial charge is 0.255 e. The fraction of sp³-hybridized carbons (Fsp3) is 0.364. The molecule has 0 radical (unpaired) electrons. The van der Waals surface area contributed by atoms with Crippen molar-refractivity contribution in [1.82, 2.24) is 5.32 Å². The average molecular weight is 243 g/mol. The van der Waals surface area contributed by atoms with Gasteiger partial charge in [-0.25, -0.2) is 4.39 Å². The van der Waals surface area contributed by atoms with Crippen molar-refractivity contribution < 1.29 is 14.3 Å². The number of carbonyl (C=O) groups is 1. The Morgan fingerprint density at radius 1 is 1.62 bits per heavy atom. The summed E-state index contributed by atoms with van der Waals surface area (Å²) in [5.74, 6) is -1.29. The van der Waals surface area contributed by atoms with E-state index in [9.17, 15) is 14.3 Å². The van der Waals surface area contributed by atoms with Crippen molar-refractivity contribution >= 4 is 17.7 Å². The van der Waals surface area contributed by atoms with Gasteiger partial charge in [-0.3, -0.25) is 4.79 Å². The number of halogens is 1. The van der Waals surface area contributed by atoms with Crippen LogP contribution < -0.4 is 5.32 Å². The summed E-state index contributed by atoms with van der Waals surface area (Å²) in [7, 11) is 0. The molecular formula is C11H14FNO2S. The zero-order valence-electron chi connectivity index (χ0n) is 9.16. The minimum Gasteiger partial charge on any atom is -0.507 e. The van der Waals surface area contributed by atoms with Crippen LogP contribution in [-0.2, 0) is 0 Å². The topological polar surface area (TPSA) is 49.3 Å². The first kappa shape index (κ1) is 12.8. The third kappa shape index (κ3) is 3.41. The highest BCUT2D eigenvalue weighted by Gasteiger charge is 2.12. The summed E-state index contributed by atoms with van der Waals surface area (Å²) in [5, 5.41) is 12.3. The summed E-state index contributed by atoms with van der Waals surface area (Å²) >= 11 is 1.63. The lowest BCUT2D eigenvalue weighted by Crippen LogP contribution is -2.29. The van der Waals surface area contributed by atoms with Crippen LogP contribution in [0.25, 0.3) is 0 Å². The fourth-order valence-corrected chi connectivity index (χ4v) is 1.36. The molecule has 1 aromatic rings. The maximum atomic E-state index is 12.7. The zero-order valence-corrected chi connectivity index (χ0v) is 9.97. The van der Waals surface area contributed by atoms with E-state index >= 15 is 0 Å². The number of aromatic hydroxyl groups is 1. The molecule has 1 aromatic carbocycles. The number of rotatable bonds is 4. The predicted octanol–water partition coefficient (Wildman–Crippen LogP) is 2.01. The lowest BCUT2D eigenvalue weighted by atomic mass is 10.2. The van der Waals surface area contributed by atoms with Crippen molar-refractivity contribution in [3.63, 3.8) is 0 Å². The summed E-state index contributed by atoms with van der Waals surface area (Å²) in [6.07, 6.45) is 1.95. The molecule has 0 saturated carbocycles. The largest absolute Gasteiger partial charge is 0.507 e. The van der Waals surface area contributed by atoms with E-state index in [1.807, 2.05) is 13.2 Å². The highest BCUT2D eigenvalue weighted by molar-refractivity contribution is 7.99. The number of phenolic OH excluding ortho intramolecular Hbond substituents is 1. The van der Waals surface area contributed by atoms with E-state index in [0.29, 0.717) is 11.8 Å². The molecule has 1 unspecified atom stereocenters. The van der Waals surface area contributed by atoms with Gasteiger partial charge in [-0.2, -0.15) is 11.8 Å². The van der Waals surface area contributed by atoms with E-state index in [0.717, 1.165) is 12.1 Å². The van der Waals surface area contributed by atoms with E-state index in [-0.39, 0.29) is 11.3 Å². The van der Waals surface area contributed by atoms with Crippen LogP contribution in [0.4, 0.5) is 4.39 Å². The molecule has 1 rings (SSSR count). The first-order valence-electron chi connectivity index (χ1n) is 4.84. The van der Waals surface area contributed by atoms with Crippen LogP contribution in [0.15, 0.2) is 18.2 Å². The molecule has 1 amide bonds. The Labute approximate surface area is 98.1 Å². The van der Waals surface area contributed by atoms with Gasteiger partial charge in [0.2, 0.25) is 0 Å². The molecule has 0 heterocycles. The first-order chi connectivity index (χ1) is 7.54. The maximum absolute atomic E-state index is 12.7. The number of benzene rings is 1. The summed E-state index contributed by atoms with van der Waals surface area (Å²) in [4.78, 5) is 11.6. The number of hydrogen-bond acceptors (Lipinski definition) is 3. The number of thioether (sulfide) groups is 1. The monoisotopic (exact) mass is 243 g/mol. The number of hydrogen-bond donors (Lipinski definition) is 2. The number of amides is 1. The third-order valence-corrected chi connectivity index (χ3v) is 3.13. The Balaban J connectivity index is 2.66. The molecule has 88 valence electrons. The van der Waals surface area contributed by atoms with E-state index in [1.54, 1.807) is 11.8 Å². The Bertz CT molecular complexity index is 384. The SMILES string of the molecule is CSC(C)CNC(=O)c1ccc(F)cc1O. The second kappa shape index (κ2) is 5.75. The Hall–Kier alpha value is -1.23. The molecule has 0 saturated heterocycles. The number of carbonyl (C=O) groups excluding carboxylic acids is 1. The Morgan fingerprint density at radius 2 is 2.31 bits per heavy atom. The molecule has 5 heteroatoms. The lowest BCUT2D eigenvalue weighted by molar-refractivity contribution is 0.0951. The molecule has 0 aliphatic rings. The Morgan fingerprint density at radius 3 is 2.88 bits per heavy atom. The molecule has 1 atom stereocenters. The van der Waals surface area contributed by atoms with Gasteiger partial charge in [0.25, 0.3) is 5.91 Å². The van der Waals surface area contributed by atoms with Gasteiger partial charge in [0.05, 0.1) is 5.56 Å². The highest BCUT2D eigenvalue weighted by atomic mass is 32.2. The summed E-state index contributed by atoms with van der Waals surface area (Å²) in [5.41, 5.74) is 0.0923. The molecule has 0 spiro atoms. The second-order valence-electron chi connectivity index (χ2n) is 3.42. The van der Waals surface area contributed by atoms with Crippen molar-refractivity contribution in [2.45, 2.75) is 12.2 Å². The first-order valence-corrected chi connectivity index (χ1v) is 6.13. The van der Waals surface area contributed by atoms with E-state index in [4.69, 9.17) is 0 Å². The standard InChI is InChI=1S/C11H14FNO2S/c1-7(16-2)6-13-11(15)9-4-3-8(12)5-10(9)14/h3-5,7,14H,6H2,1-2H3,(H,13,15). The summed E-state index contributed by atoms with van der Waals surface area (Å²) in [6.45, 7) is 2.49. The zero-order chi connectivity index (χ0) is 12.1. The number of nitrogens with one attached hydrogen (secondary N) is 1. The van der Waals surface area contributed by atoms with Gasteiger partial charge in [-0.15, -0.1) is 0 Å². The van der Waals surface area contributed by atoms with Crippen molar-refractivity contribution in [2.75, 3.05) is 12.8 Å². The van der Waals surface area contributed by atoms with Gasteiger partial charge in [0, 0.05) is 17.9 Å². The molecule has 2 N–H and O–H groups in total. The van der Waals surface area contributed by atoms with Gasteiger partial charge in [0.15, 0.2) is 0 Å². The lowest BCUT2D eigenvalue weighted by Gasteiger charge is -2.10. The minimum absolute atomic E-state index is 0.0923. The van der Waals surface area contributed by atoms with E-state index < -0.39 is 11.7 Å². The molecule has 0 fully saturated rings. The van der Waals surface area contributed by atoms with Crippen LogP contribution in [0.3, 0.4) is 0 Å².